The predicted molar refractivity (Wildman–Crippen MR) is 197 cm³/mol. The number of amides is 6. The molecule has 15 N–H and O–H groups in total. The van der Waals surface area contributed by atoms with E-state index in [4.69, 9.17) is 17.2 Å². The van der Waals surface area contributed by atoms with Crippen LogP contribution in [0.1, 0.15) is 36.8 Å². The van der Waals surface area contributed by atoms with Crippen LogP contribution >= 0.6 is 12.6 Å². The molecule has 0 saturated carbocycles. The van der Waals surface area contributed by atoms with Crippen molar-refractivity contribution < 1.29 is 54.0 Å². The number of carbonyl (C=O) groups excluding carboxylic acids is 6. The maximum atomic E-state index is 13.6. The van der Waals surface area contributed by atoms with Gasteiger partial charge in [-0.2, -0.15) is 12.6 Å². The summed E-state index contributed by atoms with van der Waals surface area (Å²) in [7, 11) is 0. The van der Waals surface area contributed by atoms with Gasteiger partial charge in [0, 0.05) is 18.6 Å². The Kier molecular flexibility index (Phi) is 18.7. The predicted octanol–water partition coefficient (Wildman–Crippen LogP) is -3.35. The van der Waals surface area contributed by atoms with Crippen LogP contribution in [0.2, 0.25) is 0 Å². The number of hydrogen-bond acceptors (Lipinski definition) is 13. The fraction of sp³-hybridized carbons (Fsp3) is 0.441. The zero-order chi connectivity index (χ0) is 40.4. The van der Waals surface area contributed by atoms with Crippen LogP contribution in [0.3, 0.4) is 0 Å². The van der Waals surface area contributed by atoms with Gasteiger partial charge in [-0.15, -0.1) is 0 Å². The van der Waals surface area contributed by atoms with E-state index < -0.39 is 90.7 Å². The number of phenolic OH excluding ortho intramolecular Hbond substituents is 2. The standard InChI is InChI=1S/C34H48N8O11S/c35-12-2-1-3-23(30(48)41-26(34(52)53)14-19-6-10-21(45)11-7-19)38-33(51)27(16-43)42-31(49)24(13-18-4-8-20(44)9-5-18)40-32(50)25(15-28(37)46)39-29(47)22(36)17-54/h4-11,22-27,43-45,54H,1-3,12-17,35-36H2,(H2,37,46)(H,38,51)(H,39,47)(H,40,50)(H,41,48)(H,42,49)(H,52,53). The third-order valence-electron chi connectivity index (χ3n) is 7.97. The Hall–Kier alpha value is -5.44. The van der Waals surface area contributed by atoms with Crippen molar-refractivity contribution >= 4 is 54.0 Å². The molecule has 54 heavy (non-hydrogen) atoms. The minimum Gasteiger partial charge on any atom is -0.508 e. The van der Waals surface area contributed by atoms with Crippen molar-refractivity contribution in [3.8, 4) is 11.5 Å². The molecule has 0 radical (unpaired) electrons. The average Bonchev–Trinajstić information content (AvgIpc) is 3.13. The van der Waals surface area contributed by atoms with Crippen molar-refractivity contribution in [2.24, 2.45) is 17.2 Å². The van der Waals surface area contributed by atoms with Crippen molar-refractivity contribution in [1.29, 1.82) is 0 Å². The molecule has 0 bridgehead atoms. The molecule has 0 aliphatic rings. The fourth-order valence-electron chi connectivity index (χ4n) is 4.96. The van der Waals surface area contributed by atoms with Crippen molar-refractivity contribution in [3.63, 3.8) is 0 Å². The summed E-state index contributed by atoms with van der Waals surface area (Å²) in [6.45, 7) is -0.717. The molecule has 0 fully saturated rings. The monoisotopic (exact) mass is 776 g/mol. The number of aliphatic hydroxyl groups is 1. The number of benzene rings is 2. The average molecular weight is 777 g/mol. The minimum absolute atomic E-state index is 0.00972. The Morgan fingerprint density at radius 2 is 1.06 bits per heavy atom. The smallest absolute Gasteiger partial charge is 0.326 e. The molecule has 19 nitrogen and oxygen atoms in total. The van der Waals surface area contributed by atoms with Gasteiger partial charge in [0.2, 0.25) is 35.4 Å². The van der Waals surface area contributed by atoms with Gasteiger partial charge in [-0.25, -0.2) is 4.79 Å². The van der Waals surface area contributed by atoms with E-state index in [2.05, 4.69) is 39.2 Å². The third kappa shape index (κ3) is 15.3. The van der Waals surface area contributed by atoms with Crippen molar-refractivity contribution in [2.45, 2.75) is 74.8 Å². The molecule has 0 aliphatic heterocycles. The van der Waals surface area contributed by atoms with Crippen LogP contribution in [0.4, 0.5) is 0 Å². The van der Waals surface area contributed by atoms with Crippen molar-refractivity contribution in [2.75, 3.05) is 18.9 Å². The van der Waals surface area contributed by atoms with Crippen LogP contribution in [0, 0.1) is 0 Å². The zero-order valence-corrected chi connectivity index (χ0v) is 30.2. The summed E-state index contributed by atoms with van der Waals surface area (Å²) in [5.41, 5.74) is 17.4. The molecule has 0 saturated heterocycles. The molecule has 296 valence electrons. The molecule has 2 aromatic rings. The van der Waals surface area contributed by atoms with E-state index in [-0.39, 0.29) is 43.1 Å². The van der Waals surface area contributed by atoms with E-state index in [0.29, 0.717) is 24.0 Å². The Labute approximate surface area is 316 Å². The summed E-state index contributed by atoms with van der Waals surface area (Å²) < 4.78 is 0. The minimum atomic E-state index is -1.69. The van der Waals surface area contributed by atoms with E-state index >= 15 is 0 Å². The number of carboxylic acids is 1. The number of nitrogens with one attached hydrogen (secondary N) is 5. The summed E-state index contributed by atoms with van der Waals surface area (Å²) in [6.07, 6.45) is -0.268. The summed E-state index contributed by atoms with van der Waals surface area (Å²) in [5, 5.41) is 51.0. The summed E-state index contributed by atoms with van der Waals surface area (Å²) >= 11 is 3.94. The fourth-order valence-corrected chi connectivity index (χ4v) is 5.13. The molecule has 6 amide bonds. The van der Waals surface area contributed by atoms with E-state index in [9.17, 15) is 54.0 Å². The lowest BCUT2D eigenvalue weighted by atomic mass is 10.0. The van der Waals surface area contributed by atoms with Crippen LogP contribution in [-0.2, 0) is 46.4 Å². The first kappa shape index (κ1) is 44.7. The topological polar surface area (TPSA) is 339 Å². The highest BCUT2D eigenvalue weighted by molar-refractivity contribution is 7.80. The zero-order valence-electron chi connectivity index (χ0n) is 29.3. The molecule has 6 atom stereocenters. The molecule has 0 aromatic heterocycles. The molecule has 0 spiro atoms. The Morgan fingerprint density at radius 3 is 1.54 bits per heavy atom. The number of aromatic hydroxyl groups is 2. The highest BCUT2D eigenvalue weighted by atomic mass is 32.1. The number of carboxylic acid groups (broad SMARTS) is 1. The molecule has 20 heteroatoms. The number of carbonyl (C=O) groups is 7. The Morgan fingerprint density at radius 1 is 0.630 bits per heavy atom. The summed E-state index contributed by atoms with van der Waals surface area (Å²) in [4.78, 5) is 89.9. The van der Waals surface area contributed by atoms with E-state index in [1.54, 1.807) is 0 Å². The maximum absolute atomic E-state index is 13.6. The second kappa shape index (κ2) is 22.6. The Balaban J connectivity index is 2.30. The summed E-state index contributed by atoms with van der Waals surface area (Å²) in [5.74, 6) is -7.32. The van der Waals surface area contributed by atoms with Crippen LogP contribution < -0.4 is 43.8 Å². The third-order valence-corrected chi connectivity index (χ3v) is 8.36. The van der Waals surface area contributed by atoms with Gasteiger partial charge >= 0.3 is 5.97 Å². The van der Waals surface area contributed by atoms with Gasteiger partial charge in [-0.3, -0.25) is 28.8 Å². The number of rotatable bonds is 23. The Bertz CT molecular complexity index is 1600. The summed E-state index contributed by atoms with van der Waals surface area (Å²) in [6, 6.07) is 2.55. The quantitative estimate of drug-likeness (QED) is 0.0388. The lowest BCUT2D eigenvalue weighted by molar-refractivity contribution is -0.142. The van der Waals surface area contributed by atoms with Crippen LogP contribution in [-0.4, -0.2) is 117 Å². The number of nitrogens with two attached hydrogens (primary N) is 3. The van der Waals surface area contributed by atoms with Gasteiger partial charge in [-0.1, -0.05) is 24.3 Å². The highest BCUT2D eigenvalue weighted by Gasteiger charge is 2.33. The largest absolute Gasteiger partial charge is 0.508 e. The SMILES string of the molecule is NCCCCC(NC(=O)C(CO)NC(=O)C(Cc1ccc(O)cc1)NC(=O)C(CC(N)=O)NC(=O)C(N)CS)C(=O)NC(Cc1ccc(O)cc1)C(=O)O. The van der Waals surface area contributed by atoms with Crippen LogP contribution in [0.5, 0.6) is 11.5 Å². The number of unbranched alkanes of at least 4 members (excludes halogenated alkanes) is 1. The van der Waals surface area contributed by atoms with Gasteiger partial charge in [-0.05, 0) is 61.2 Å². The normalized spacial score (nSPS) is 14.2. The highest BCUT2D eigenvalue weighted by Crippen LogP contribution is 2.14. The van der Waals surface area contributed by atoms with Gasteiger partial charge < -0.3 is 64.2 Å². The number of aliphatic hydroxyl groups excluding tert-OH is 1. The maximum Gasteiger partial charge on any atom is 0.326 e. The first-order valence-corrected chi connectivity index (χ1v) is 17.5. The number of phenols is 2. The first-order valence-electron chi connectivity index (χ1n) is 16.8. The van der Waals surface area contributed by atoms with Gasteiger partial charge in [0.25, 0.3) is 0 Å². The first-order chi connectivity index (χ1) is 25.6. The molecular weight excluding hydrogens is 728 g/mol. The van der Waals surface area contributed by atoms with E-state index in [1.807, 2.05) is 0 Å². The van der Waals surface area contributed by atoms with Crippen molar-refractivity contribution in [3.05, 3.63) is 59.7 Å². The molecule has 0 aliphatic carbocycles. The number of primary amides is 1. The van der Waals surface area contributed by atoms with Crippen LogP contribution in [0.25, 0.3) is 0 Å². The number of hydrogen-bond donors (Lipinski definition) is 13. The van der Waals surface area contributed by atoms with Gasteiger partial charge in [0.1, 0.15) is 41.7 Å². The molecule has 2 aromatic carbocycles. The molecule has 6 unspecified atom stereocenters. The van der Waals surface area contributed by atoms with E-state index in [0.717, 1.165) is 0 Å². The van der Waals surface area contributed by atoms with Gasteiger partial charge in [0.15, 0.2) is 0 Å². The second-order valence-corrected chi connectivity index (χ2v) is 12.7. The number of aliphatic carboxylic acids is 1. The number of thiol groups is 1. The van der Waals surface area contributed by atoms with E-state index in [1.165, 1.54) is 48.5 Å². The van der Waals surface area contributed by atoms with Crippen molar-refractivity contribution in [1.82, 2.24) is 26.6 Å². The molecule has 0 heterocycles. The lowest BCUT2D eigenvalue weighted by Crippen LogP contribution is -2.60. The lowest BCUT2D eigenvalue weighted by Gasteiger charge is -2.26. The molecule has 2 rings (SSSR count). The second-order valence-electron chi connectivity index (χ2n) is 12.3. The molecular formula is C34H48N8O11S. The van der Waals surface area contributed by atoms with Crippen LogP contribution in [0.15, 0.2) is 48.5 Å². The van der Waals surface area contributed by atoms with Gasteiger partial charge in [0.05, 0.1) is 19.1 Å².